The highest BCUT2D eigenvalue weighted by atomic mass is 79.9. The molecule has 0 radical (unpaired) electrons. The fourth-order valence-electron chi connectivity index (χ4n) is 2.08. The number of carbonyl (C=O) groups is 1. The molecule has 1 aromatic heterocycles. The molecule has 2 aromatic carbocycles. The third-order valence-corrected chi connectivity index (χ3v) is 4.68. The molecule has 0 spiro atoms. The predicted octanol–water partition coefficient (Wildman–Crippen LogP) is 5.05. The topological polar surface area (TPSA) is 29.1 Å². The minimum atomic E-state index is -0.0610. The van der Waals surface area contributed by atoms with Crippen molar-refractivity contribution in [3.05, 3.63) is 65.0 Å². The maximum Gasteiger partial charge on any atom is 0.257 e. The lowest BCUT2D eigenvalue weighted by molar-refractivity contribution is 0.102. The number of fused-ring (bicyclic) bond motifs is 1. The molecule has 0 unspecified atom stereocenters. The monoisotopic (exact) mass is 345 g/mol. The molecule has 0 saturated carbocycles. The zero-order valence-corrected chi connectivity index (χ0v) is 13.0. The second-order valence-corrected chi connectivity index (χ2v) is 5.91. The molecule has 20 heavy (non-hydrogen) atoms. The molecule has 0 bridgehead atoms. The molecule has 4 heteroatoms. The molecule has 3 rings (SSSR count). The lowest BCUT2D eigenvalue weighted by Crippen LogP contribution is -2.11. The van der Waals surface area contributed by atoms with Crippen LogP contribution in [0.15, 0.2) is 53.9 Å². The first-order valence-corrected chi connectivity index (χ1v) is 8.20. The summed E-state index contributed by atoms with van der Waals surface area (Å²) in [6.07, 6.45) is 0. The summed E-state index contributed by atoms with van der Waals surface area (Å²) in [4.78, 5) is 12.4. The summed E-state index contributed by atoms with van der Waals surface area (Å²) < 4.78 is 1.13. The highest BCUT2D eigenvalue weighted by Gasteiger charge is 2.12. The third-order valence-electron chi connectivity index (χ3n) is 3.06. The molecule has 0 aliphatic carbocycles. The minimum Gasteiger partial charge on any atom is -0.322 e. The van der Waals surface area contributed by atoms with Crippen molar-refractivity contribution in [2.24, 2.45) is 0 Å². The number of benzene rings is 2. The smallest absolute Gasteiger partial charge is 0.257 e. The summed E-state index contributed by atoms with van der Waals surface area (Å²) in [5, 5.41) is 6.65. The Bertz CT molecular complexity index is 766. The van der Waals surface area contributed by atoms with Gasteiger partial charge in [-0.25, -0.2) is 0 Å². The van der Waals surface area contributed by atoms with Crippen LogP contribution in [0.1, 0.15) is 15.9 Å². The van der Waals surface area contributed by atoms with Gasteiger partial charge in [0, 0.05) is 26.5 Å². The van der Waals surface area contributed by atoms with Gasteiger partial charge in [0.05, 0.1) is 5.56 Å². The first kappa shape index (κ1) is 13.3. The molecule has 0 fully saturated rings. The highest BCUT2D eigenvalue weighted by molar-refractivity contribution is 9.08. The van der Waals surface area contributed by atoms with Crippen LogP contribution in [0.25, 0.3) is 10.1 Å². The van der Waals surface area contributed by atoms with Crippen molar-refractivity contribution in [2.75, 3.05) is 5.32 Å². The Morgan fingerprint density at radius 3 is 2.85 bits per heavy atom. The van der Waals surface area contributed by atoms with Crippen molar-refractivity contribution in [1.82, 2.24) is 0 Å². The van der Waals surface area contributed by atoms with E-state index in [1.807, 2.05) is 53.9 Å². The standard InChI is InChI=1S/C16H12BrNOS/c17-9-11-4-3-5-12(8-11)18-16(19)14-10-20-15-7-2-1-6-13(14)15/h1-8,10H,9H2,(H,18,19). The maximum atomic E-state index is 12.4. The fraction of sp³-hybridized carbons (Fsp3) is 0.0625. The van der Waals surface area contributed by atoms with Crippen LogP contribution >= 0.6 is 27.3 Å². The number of hydrogen-bond acceptors (Lipinski definition) is 2. The van der Waals surface area contributed by atoms with E-state index in [1.165, 1.54) is 0 Å². The zero-order valence-electron chi connectivity index (χ0n) is 10.6. The second-order valence-electron chi connectivity index (χ2n) is 4.43. The number of rotatable bonds is 3. The molecular formula is C16H12BrNOS. The van der Waals surface area contributed by atoms with Gasteiger partial charge in [-0.2, -0.15) is 0 Å². The first-order chi connectivity index (χ1) is 9.78. The Labute approximate surface area is 129 Å². The largest absolute Gasteiger partial charge is 0.322 e. The van der Waals surface area contributed by atoms with E-state index in [2.05, 4.69) is 21.2 Å². The fourth-order valence-corrected chi connectivity index (χ4v) is 3.37. The van der Waals surface area contributed by atoms with Crippen molar-refractivity contribution >= 4 is 48.9 Å². The lowest BCUT2D eigenvalue weighted by atomic mass is 10.1. The Morgan fingerprint density at radius 2 is 2.00 bits per heavy atom. The molecule has 1 amide bonds. The SMILES string of the molecule is O=C(Nc1cccc(CBr)c1)c1csc2ccccc12. The number of halogens is 1. The van der Waals surface area contributed by atoms with Gasteiger partial charge in [-0.05, 0) is 23.8 Å². The minimum absolute atomic E-state index is 0.0610. The van der Waals surface area contributed by atoms with Gasteiger partial charge in [0.1, 0.15) is 0 Å². The van der Waals surface area contributed by atoms with Crippen molar-refractivity contribution in [3.63, 3.8) is 0 Å². The summed E-state index contributed by atoms with van der Waals surface area (Å²) in [7, 11) is 0. The summed E-state index contributed by atoms with van der Waals surface area (Å²) in [6, 6.07) is 15.8. The van der Waals surface area contributed by atoms with Crippen LogP contribution in [-0.2, 0) is 5.33 Å². The van der Waals surface area contributed by atoms with Crippen molar-refractivity contribution in [3.8, 4) is 0 Å². The van der Waals surface area contributed by atoms with E-state index in [4.69, 9.17) is 0 Å². The van der Waals surface area contributed by atoms with Crippen molar-refractivity contribution in [1.29, 1.82) is 0 Å². The highest BCUT2D eigenvalue weighted by Crippen LogP contribution is 2.26. The summed E-state index contributed by atoms with van der Waals surface area (Å²) in [6.45, 7) is 0. The van der Waals surface area contributed by atoms with Crippen molar-refractivity contribution in [2.45, 2.75) is 5.33 Å². The maximum absolute atomic E-state index is 12.4. The zero-order chi connectivity index (χ0) is 13.9. The predicted molar refractivity (Wildman–Crippen MR) is 88.9 cm³/mol. The normalized spacial score (nSPS) is 10.7. The second kappa shape index (κ2) is 5.77. The van der Waals surface area contributed by atoms with Crippen LogP contribution in [0, 0.1) is 0 Å². The molecule has 100 valence electrons. The molecule has 0 atom stereocenters. The van der Waals surface area contributed by atoms with Gasteiger partial charge in [0.15, 0.2) is 0 Å². The van der Waals surface area contributed by atoms with Gasteiger partial charge in [-0.1, -0.05) is 46.3 Å². The van der Waals surface area contributed by atoms with E-state index in [0.717, 1.165) is 32.2 Å². The molecular weight excluding hydrogens is 334 g/mol. The van der Waals surface area contributed by atoms with Crippen LogP contribution in [0.4, 0.5) is 5.69 Å². The summed E-state index contributed by atoms with van der Waals surface area (Å²) in [5.41, 5.74) is 2.69. The average Bonchev–Trinajstić information content (AvgIpc) is 2.91. The van der Waals surface area contributed by atoms with Crippen LogP contribution in [0.2, 0.25) is 0 Å². The number of nitrogens with one attached hydrogen (secondary N) is 1. The Hall–Kier alpha value is -1.65. The van der Waals surface area contributed by atoms with E-state index in [1.54, 1.807) is 11.3 Å². The van der Waals surface area contributed by atoms with Crippen LogP contribution < -0.4 is 5.32 Å². The summed E-state index contributed by atoms with van der Waals surface area (Å²) >= 11 is 5.01. The molecule has 0 saturated heterocycles. The number of hydrogen-bond donors (Lipinski definition) is 1. The lowest BCUT2D eigenvalue weighted by Gasteiger charge is -2.06. The molecule has 1 N–H and O–H groups in total. The van der Waals surface area contributed by atoms with E-state index in [9.17, 15) is 4.79 Å². The first-order valence-electron chi connectivity index (χ1n) is 6.20. The van der Waals surface area contributed by atoms with E-state index >= 15 is 0 Å². The molecule has 2 nitrogen and oxygen atoms in total. The number of thiophene rings is 1. The van der Waals surface area contributed by atoms with Gasteiger partial charge >= 0.3 is 0 Å². The number of carbonyl (C=O) groups excluding carboxylic acids is 1. The van der Waals surface area contributed by atoms with E-state index in [-0.39, 0.29) is 5.91 Å². The van der Waals surface area contributed by atoms with E-state index in [0.29, 0.717) is 0 Å². The summed E-state index contributed by atoms with van der Waals surface area (Å²) in [5.74, 6) is -0.0610. The van der Waals surface area contributed by atoms with Crippen LogP contribution in [0.5, 0.6) is 0 Å². The molecule has 1 heterocycles. The Balaban J connectivity index is 1.89. The van der Waals surface area contributed by atoms with Gasteiger partial charge in [0.2, 0.25) is 0 Å². The Kier molecular flexibility index (Phi) is 3.85. The Morgan fingerprint density at radius 1 is 1.15 bits per heavy atom. The molecule has 0 aliphatic heterocycles. The van der Waals surface area contributed by atoms with Gasteiger partial charge in [-0.15, -0.1) is 11.3 Å². The quantitative estimate of drug-likeness (QED) is 0.661. The molecule has 0 aliphatic rings. The number of amides is 1. The number of alkyl halides is 1. The van der Waals surface area contributed by atoms with Crippen LogP contribution in [0.3, 0.4) is 0 Å². The van der Waals surface area contributed by atoms with Gasteiger partial charge < -0.3 is 5.32 Å². The molecule has 3 aromatic rings. The van der Waals surface area contributed by atoms with E-state index < -0.39 is 0 Å². The third kappa shape index (κ3) is 2.62. The van der Waals surface area contributed by atoms with Gasteiger partial charge in [0.25, 0.3) is 5.91 Å². The van der Waals surface area contributed by atoms with Crippen molar-refractivity contribution < 1.29 is 4.79 Å². The number of anilines is 1. The average molecular weight is 346 g/mol. The van der Waals surface area contributed by atoms with Gasteiger partial charge in [-0.3, -0.25) is 4.79 Å². The van der Waals surface area contributed by atoms with Crippen LogP contribution in [-0.4, -0.2) is 5.91 Å².